The molecule has 0 fully saturated rings. The van der Waals surface area contributed by atoms with E-state index in [0.717, 1.165) is 54.2 Å². The van der Waals surface area contributed by atoms with Crippen molar-refractivity contribution in [1.82, 2.24) is 9.88 Å². The van der Waals surface area contributed by atoms with Crippen LogP contribution in [0.15, 0.2) is 88.2 Å². The Kier molecular flexibility index (Phi) is 12.0. The summed E-state index contributed by atoms with van der Waals surface area (Å²) in [6.07, 6.45) is 3.66. The summed E-state index contributed by atoms with van der Waals surface area (Å²) < 4.78 is 39.7. The summed E-state index contributed by atoms with van der Waals surface area (Å²) in [7, 11) is -4.37. The first-order chi connectivity index (χ1) is 21.9. The van der Waals surface area contributed by atoms with E-state index in [2.05, 4.69) is 26.3 Å². The monoisotopic (exact) mass is 669 g/mol. The number of pyridine rings is 1. The molecule has 4 N–H and O–H groups in total. The molecule has 1 atom stereocenters. The quantitative estimate of drug-likeness (QED) is 0.108. The number of benzene rings is 3. The summed E-state index contributed by atoms with van der Waals surface area (Å²) in [4.78, 5) is 18.4. The lowest BCUT2D eigenvalue weighted by atomic mass is 10.1. The van der Waals surface area contributed by atoms with Crippen molar-refractivity contribution < 1.29 is 31.8 Å². The molecular formula is C33H36ClN3O8S. The molecule has 5 rings (SSSR count). The van der Waals surface area contributed by atoms with E-state index in [1.165, 1.54) is 12.1 Å². The molecule has 244 valence electrons. The van der Waals surface area contributed by atoms with Crippen LogP contribution in [0.3, 0.4) is 0 Å². The summed E-state index contributed by atoms with van der Waals surface area (Å²) >= 11 is 6.03. The van der Waals surface area contributed by atoms with Crippen LogP contribution >= 0.6 is 11.6 Å². The maximum atomic E-state index is 12.0. The van der Waals surface area contributed by atoms with Crippen LogP contribution in [0.25, 0.3) is 33.2 Å². The largest absolute Gasteiger partial charge is 0.508 e. The molecule has 1 unspecified atom stereocenters. The number of phenolic OH excluding ortho intramolecular Hbond substituents is 2. The van der Waals surface area contributed by atoms with E-state index < -0.39 is 10.4 Å². The number of aromatic hydroxyl groups is 2. The smallest absolute Gasteiger partial charge is 0.397 e. The van der Waals surface area contributed by atoms with Gasteiger partial charge in [-0.15, -0.1) is 0 Å². The molecule has 0 saturated heterocycles. The molecule has 0 radical (unpaired) electrons. The van der Waals surface area contributed by atoms with Gasteiger partial charge in [-0.25, -0.2) is 4.18 Å². The number of likely N-dealkylation sites (N-methyl/N-ethyl adjacent to an activating group) is 1. The topological polar surface area (TPSA) is 162 Å². The summed E-state index contributed by atoms with van der Waals surface area (Å²) in [5.41, 5.74) is 2.44. The number of halogens is 1. The minimum Gasteiger partial charge on any atom is -0.508 e. The van der Waals surface area contributed by atoms with Crippen molar-refractivity contribution in [3.63, 3.8) is 0 Å². The predicted octanol–water partition coefficient (Wildman–Crippen LogP) is 6.48. The van der Waals surface area contributed by atoms with E-state index >= 15 is 0 Å². The van der Waals surface area contributed by atoms with Gasteiger partial charge in [-0.1, -0.05) is 48.9 Å². The number of nitrogens with zero attached hydrogens (tertiary/aromatic N) is 2. The lowest BCUT2D eigenvalue weighted by molar-refractivity contribution is 0.200. The average Bonchev–Trinajstić information content (AvgIpc) is 3.00. The highest BCUT2D eigenvalue weighted by atomic mass is 35.5. The van der Waals surface area contributed by atoms with Gasteiger partial charge in [0, 0.05) is 58.6 Å². The summed E-state index contributed by atoms with van der Waals surface area (Å²) in [6, 6.07) is 20.8. The zero-order valence-corrected chi connectivity index (χ0v) is 27.0. The molecular weight excluding hydrogens is 634 g/mol. The van der Waals surface area contributed by atoms with E-state index in [9.17, 15) is 23.4 Å². The molecule has 13 heteroatoms. The van der Waals surface area contributed by atoms with Gasteiger partial charge in [0.2, 0.25) is 0 Å². The van der Waals surface area contributed by atoms with Crippen LogP contribution in [0.4, 0.5) is 5.69 Å². The minimum atomic E-state index is -4.37. The van der Waals surface area contributed by atoms with Crippen molar-refractivity contribution in [3.8, 4) is 22.8 Å². The van der Waals surface area contributed by atoms with Crippen LogP contribution in [-0.2, 0) is 14.6 Å². The number of nitrogens with one attached hydrogen (secondary N) is 1. The Morgan fingerprint density at radius 1 is 1.04 bits per heavy atom. The highest BCUT2D eigenvalue weighted by Gasteiger charge is 2.12. The van der Waals surface area contributed by atoms with Gasteiger partial charge in [0.05, 0.1) is 12.1 Å². The Labute approximate surface area is 272 Å². The Hall–Kier alpha value is -4.20. The SMILES string of the molecule is CCN(CCCC(C)Nc1ccnc2cc(Cl)ccc12)CCOS(=O)(=O)O.O=c1cc(-c2ccccc2)oc2cc(O)cc(O)c12. The first kappa shape index (κ1) is 34.7. The van der Waals surface area contributed by atoms with E-state index in [0.29, 0.717) is 17.3 Å². The van der Waals surface area contributed by atoms with Crippen LogP contribution < -0.4 is 10.7 Å². The highest BCUT2D eigenvalue weighted by Crippen LogP contribution is 2.30. The van der Waals surface area contributed by atoms with Gasteiger partial charge in [-0.2, -0.15) is 8.42 Å². The molecule has 0 bridgehead atoms. The maximum Gasteiger partial charge on any atom is 0.397 e. The molecule has 11 nitrogen and oxygen atoms in total. The van der Waals surface area contributed by atoms with Crippen LogP contribution in [0.5, 0.6) is 11.5 Å². The Morgan fingerprint density at radius 3 is 2.52 bits per heavy atom. The molecule has 2 heterocycles. The standard InChI is InChI=1S/C18H26ClN3O4S.C15H10O4/c1-3-22(11-12-26-27(23,24)25)10-4-5-14(2)21-17-8-9-20-18-13-15(19)6-7-16(17)18;16-10-6-11(17)15-12(18)8-13(19-14(15)7-10)9-4-2-1-3-5-9/h6-9,13-14H,3-5,10-12H2,1-2H3,(H,20,21)(H,23,24,25);1-8,16-17H. The second-order valence-corrected chi connectivity index (χ2v) is 12.1. The first-order valence-corrected chi connectivity index (χ1v) is 16.4. The molecule has 0 aliphatic carbocycles. The van der Waals surface area contributed by atoms with Crippen molar-refractivity contribution in [2.24, 2.45) is 0 Å². The third kappa shape index (κ3) is 9.90. The third-order valence-electron chi connectivity index (χ3n) is 7.16. The number of hydrogen-bond donors (Lipinski definition) is 4. The van der Waals surface area contributed by atoms with Gasteiger partial charge in [-0.3, -0.25) is 14.3 Å². The normalized spacial score (nSPS) is 12.2. The van der Waals surface area contributed by atoms with E-state index in [4.69, 9.17) is 20.6 Å². The second kappa shape index (κ2) is 15.9. The predicted molar refractivity (Wildman–Crippen MR) is 180 cm³/mol. The van der Waals surface area contributed by atoms with Crippen molar-refractivity contribution in [2.45, 2.75) is 32.7 Å². The fraction of sp³-hybridized carbons (Fsp3) is 0.273. The molecule has 0 aliphatic heterocycles. The van der Waals surface area contributed by atoms with Crippen molar-refractivity contribution in [2.75, 3.05) is 31.6 Å². The number of aromatic nitrogens is 1. The lowest BCUT2D eigenvalue weighted by Crippen LogP contribution is -2.30. The van der Waals surface area contributed by atoms with Gasteiger partial charge in [0.15, 0.2) is 5.43 Å². The number of phenols is 2. The van der Waals surface area contributed by atoms with Crippen LogP contribution in [0.2, 0.25) is 5.02 Å². The van der Waals surface area contributed by atoms with Crippen LogP contribution in [0.1, 0.15) is 26.7 Å². The number of hydrogen-bond acceptors (Lipinski definition) is 10. The van der Waals surface area contributed by atoms with Crippen LogP contribution in [-0.4, -0.2) is 65.4 Å². The molecule has 0 spiro atoms. The fourth-order valence-corrected chi connectivity index (χ4v) is 5.36. The molecule has 0 saturated carbocycles. The second-order valence-electron chi connectivity index (χ2n) is 10.6. The zero-order valence-electron chi connectivity index (χ0n) is 25.4. The van der Waals surface area contributed by atoms with Crippen molar-refractivity contribution in [3.05, 3.63) is 94.2 Å². The third-order valence-corrected chi connectivity index (χ3v) is 7.86. The van der Waals surface area contributed by atoms with Gasteiger partial charge >= 0.3 is 10.4 Å². The number of anilines is 1. The zero-order chi connectivity index (χ0) is 33.3. The molecule has 0 amide bonds. The Morgan fingerprint density at radius 2 is 1.80 bits per heavy atom. The average molecular weight is 670 g/mol. The summed E-state index contributed by atoms with van der Waals surface area (Å²) in [6.45, 7) is 6.14. The number of rotatable bonds is 12. The minimum absolute atomic E-state index is 0.0496. The Bertz CT molecular complexity index is 1940. The van der Waals surface area contributed by atoms with E-state index in [1.807, 2.05) is 61.5 Å². The lowest BCUT2D eigenvalue weighted by Gasteiger charge is -2.22. The van der Waals surface area contributed by atoms with E-state index in [1.54, 1.807) is 6.20 Å². The summed E-state index contributed by atoms with van der Waals surface area (Å²) in [5.74, 6) is -0.0511. The molecule has 5 aromatic rings. The highest BCUT2D eigenvalue weighted by molar-refractivity contribution is 7.80. The van der Waals surface area contributed by atoms with Gasteiger partial charge in [0.1, 0.15) is 28.2 Å². The molecule has 46 heavy (non-hydrogen) atoms. The van der Waals surface area contributed by atoms with E-state index in [-0.39, 0.29) is 40.5 Å². The summed E-state index contributed by atoms with van der Waals surface area (Å²) in [5, 5.41) is 24.4. The van der Waals surface area contributed by atoms with Crippen LogP contribution in [0, 0.1) is 0 Å². The fourth-order valence-electron chi connectivity index (χ4n) is 4.90. The van der Waals surface area contributed by atoms with Gasteiger partial charge in [-0.05, 0) is 57.1 Å². The Balaban J connectivity index is 0.000000221. The molecule has 3 aromatic carbocycles. The molecule has 2 aromatic heterocycles. The van der Waals surface area contributed by atoms with Crippen molar-refractivity contribution in [1.29, 1.82) is 0 Å². The van der Waals surface area contributed by atoms with Gasteiger partial charge < -0.3 is 24.8 Å². The molecule has 0 aliphatic rings. The number of fused-ring (bicyclic) bond motifs is 2. The maximum absolute atomic E-state index is 12.0. The van der Waals surface area contributed by atoms with Gasteiger partial charge in [0.25, 0.3) is 0 Å². The first-order valence-electron chi connectivity index (χ1n) is 14.6. The van der Waals surface area contributed by atoms with Crippen molar-refractivity contribution >= 4 is 49.6 Å².